The summed E-state index contributed by atoms with van der Waals surface area (Å²) in [4.78, 5) is 29.1. The minimum atomic E-state index is -4.73. The summed E-state index contributed by atoms with van der Waals surface area (Å²) in [5.74, 6) is -0.554. The zero-order valence-electron chi connectivity index (χ0n) is 12.8. The van der Waals surface area contributed by atoms with Crippen LogP contribution in [0, 0.1) is 0 Å². The Morgan fingerprint density at radius 1 is 1.38 bits per heavy atom. The van der Waals surface area contributed by atoms with Crippen LogP contribution in [0.5, 0.6) is 0 Å². The molecule has 4 atom stereocenters. The van der Waals surface area contributed by atoms with Gasteiger partial charge in [0.15, 0.2) is 18.5 Å². The zero-order chi connectivity index (χ0) is 17.9. The van der Waals surface area contributed by atoms with Gasteiger partial charge in [-0.15, -0.1) is 0 Å². The molecule has 0 spiro atoms. The van der Waals surface area contributed by atoms with E-state index in [1.807, 2.05) is 0 Å². The van der Waals surface area contributed by atoms with Crippen LogP contribution in [0.3, 0.4) is 0 Å². The van der Waals surface area contributed by atoms with Crippen molar-refractivity contribution in [2.24, 2.45) is 0 Å². The molecule has 2 rings (SSSR count). The normalized spacial score (nSPS) is 27.2. The average molecular weight is 364 g/mol. The number of pyridine rings is 1. The number of aromatic nitrogens is 1. The van der Waals surface area contributed by atoms with Crippen LogP contribution in [0.2, 0.25) is 0 Å². The van der Waals surface area contributed by atoms with Crippen LogP contribution in [-0.2, 0) is 18.6 Å². The Balaban J connectivity index is 2.13. The lowest BCUT2D eigenvalue weighted by Crippen LogP contribution is -2.46. The van der Waals surface area contributed by atoms with Gasteiger partial charge in [-0.25, -0.2) is 9.36 Å². The predicted octanol–water partition coefficient (Wildman–Crippen LogP) is -1.12. The van der Waals surface area contributed by atoms with E-state index in [0.29, 0.717) is 0 Å². The van der Waals surface area contributed by atoms with E-state index in [-0.39, 0.29) is 12.2 Å². The van der Waals surface area contributed by atoms with E-state index in [0.717, 1.165) is 0 Å². The van der Waals surface area contributed by atoms with Gasteiger partial charge in [0, 0.05) is 6.07 Å². The minimum Gasteiger partial charge on any atom is -0.462 e. The molecule has 0 aliphatic carbocycles. The first kappa shape index (κ1) is 18.9. The lowest BCUT2D eigenvalue weighted by molar-refractivity contribution is -0.765. The first-order valence-electron chi connectivity index (χ1n) is 7.12. The second kappa shape index (κ2) is 7.66. The van der Waals surface area contributed by atoms with Crippen molar-refractivity contribution in [1.29, 1.82) is 0 Å². The Kier molecular flexibility index (Phi) is 6.05. The molecule has 0 aromatic carbocycles. The lowest BCUT2D eigenvalue weighted by atomic mass is 10.1. The number of esters is 1. The molecular formula is C13H19NO9P+. The number of hydrogen-bond donors (Lipinski definition) is 4. The van der Waals surface area contributed by atoms with E-state index in [2.05, 4.69) is 4.52 Å². The van der Waals surface area contributed by atoms with Gasteiger partial charge in [0.1, 0.15) is 17.8 Å². The highest BCUT2D eigenvalue weighted by atomic mass is 31.2. The van der Waals surface area contributed by atoms with E-state index in [1.54, 1.807) is 6.92 Å². The maximum Gasteiger partial charge on any atom is 0.469 e. The summed E-state index contributed by atoms with van der Waals surface area (Å²) >= 11 is 0. The molecule has 0 radical (unpaired) electrons. The number of nitrogens with zero attached hydrogens (tertiary/aromatic N) is 1. The third-order valence-corrected chi connectivity index (χ3v) is 3.86. The fraction of sp³-hybridized carbons (Fsp3) is 0.538. The summed E-state index contributed by atoms with van der Waals surface area (Å²) in [6.45, 7) is 1.27. The fourth-order valence-corrected chi connectivity index (χ4v) is 2.61. The molecule has 2 unspecified atom stereocenters. The van der Waals surface area contributed by atoms with Gasteiger partial charge < -0.3 is 29.5 Å². The summed E-state index contributed by atoms with van der Waals surface area (Å²) in [6.07, 6.45) is -2.10. The number of carbonyl (C=O) groups is 1. The summed E-state index contributed by atoms with van der Waals surface area (Å²) < 4.78 is 26.7. The number of rotatable bonds is 6. The van der Waals surface area contributed by atoms with Crippen LogP contribution in [0.4, 0.5) is 0 Å². The van der Waals surface area contributed by atoms with Gasteiger partial charge >= 0.3 is 13.8 Å². The molecule has 1 aliphatic rings. The highest BCUT2D eigenvalue weighted by Crippen LogP contribution is 2.37. The second-order valence-corrected chi connectivity index (χ2v) is 6.33. The summed E-state index contributed by atoms with van der Waals surface area (Å²) in [6, 6.07) is 3.05. The number of ether oxygens (including phenoxy) is 2. The number of phosphoric acid groups is 1. The second-order valence-electron chi connectivity index (χ2n) is 5.09. The number of phosphoric ester groups is 1. The Hall–Kier alpha value is -1.39. The zero-order valence-corrected chi connectivity index (χ0v) is 13.7. The topological polar surface area (TPSA) is 147 Å². The molecule has 134 valence electrons. The standard InChI is InChI=1S/C13H18NO9P/c1-2-21-13(17)8-4-3-5-14(6-8)12-11(16)10(15)9(23-12)7-22-24(18,19)20/h3-6,9-12,15-16H,2,7H2,1H3,(H-,18,19,20)/p+1/t9-,10?,11?,12-/m1/s1. The summed E-state index contributed by atoms with van der Waals surface area (Å²) in [5.41, 5.74) is 0.222. The van der Waals surface area contributed by atoms with Gasteiger partial charge in [0.05, 0.1) is 13.2 Å². The number of aliphatic hydroxyl groups excluding tert-OH is 2. The smallest absolute Gasteiger partial charge is 0.462 e. The fourth-order valence-electron chi connectivity index (χ4n) is 2.27. The van der Waals surface area contributed by atoms with Gasteiger partial charge in [-0.1, -0.05) is 0 Å². The van der Waals surface area contributed by atoms with Crippen molar-refractivity contribution in [2.75, 3.05) is 13.2 Å². The molecule has 0 amide bonds. The van der Waals surface area contributed by atoms with Gasteiger partial charge in [0.2, 0.25) is 0 Å². The van der Waals surface area contributed by atoms with Crippen LogP contribution < -0.4 is 4.57 Å². The molecule has 1 aliphatic heterocycles. The monoisotopic (exact) mass is 364 g/mol. The quantitative estimate of drug-likeness (QED) is 0.280. The van der Waals surface area contributed by atoms with Gasteiger partial charge in [-0.2, -0.15) is 4.57 Å². The van der Waals surface area contributed by atoms with Crippen molar-refractivity contribution >= 4 is 13.8 Å². The molecule has 0 saturated carbocycles. The van der Waals surface area contributed by atoms with E-state index >= 15 is 0 Å². The molecular weight excluding hydrogens is 345 g/mol. The largest absolute Gasteiger partial charge is 0.469 e. The number of aliphatic hydroxyl groups is 2. The molecule has 0 bridgehead atoms. The van der Waals surface area contributed by atoms with E-state index in [1.165, 1.54) is 29.1 Å². The average Bonchev–Trinajstić information content (AvgIpc) is 2.81. The van der Waals surface area contributed by atoms with Crippen molar-refractivity contribution in [3.63, 3.8) is 0 Å². The molecule has 24 heavy (non-hydrogen) atoms. The molecule has 1 fully saturated rings. The summed E-state index contributed by atoms with van der Waals surface area (Å²) in [5, 5.41) is 20.0. The van der Waals surface area contributed by atoms with Gasteiger partial charge in [0.25, 0.3) is 6.23 Å². The van der Waals surface area contributed by atoms with Crippen molar-refractivity contribution in [1.82, 2.24) is 0 Å². The van der Waals surface area contributed by atoms with Gasteiger partial charge in [-0.05, 0) is 13.0 Å². The van der Waals surface area contributed by atoms with Crippen molar-refractivity contribution < 1.29 is 47.9 Å². The predicted molar refractivity (Wildman–Crippen MR) is 76.5 cm³/mol. The lowest BCUT2D eigenvalue weighted by Gasteiger charge is -2.13. The molecule has 4 N–H and O–H groups in total. The molecule has 1 aromatic rings. The molecule has 1 saturated heterocycles. The van der Waals surface area contributed by atoms with Gasteiger partial charge in [-0.3, -0.25) is 4.52 Å². The van der Waals surface area contributed by atoms with E-state index in [4.69, 9.17) is 19.3 Å². The molecule has 11 heteroatoms. The van der Waals surface area contributed by atoms with Crippen LogP contribution in [0.25, 0.3) is 0 Å². The minimum absolute atomic E-state index is 0.205. The van der Waals surface area contributed by atoms with Crippen molar-refractivity contribution in [3.8, 4) is 0 Å². The Bertz CT molecular complexity index is 634. The highest BCUT2D eigenvalue weighted by molar-refractivity contribution is 7.46. The van der Waals surface area contributed by atoms with E-state index in [9.17, 15) is 19.6 Å². The van der Waals surface area contributed by atoms with Crippen LogP contribution in [-0.4, -0.2) is 57.5 Å². The SMILES string of the molecule is CCOC(=O)c1ccc[n+]([C@@H]2O[C@H](COP(=O)(O)O)C(O)C2O)c1. The third kappa shape index (κ3) is 4.58. The molecule has 2 heterocycles. The van der Waals surface area contributed by atoms with E-state index < -0.39 is 44.9 Å². The third-order valence-electron chi connectivity index (χ3n) is 3.37. The van der Waals surface area contributed by atoms with Crippen LogP contribution in [0.1, 0.15) is 23.5 Å². The summed E-state index contributed by atoms with van der Waals surface area (Å²) in [7, 11) is -4.73. The number of hydrogen-bond acceptors (Lipinski definition) is 7. The Labute approximate surface area is 137 Å². The Morgan fingerprint density at radius 3 is 2.71 bits per heavy atom. The van der Waals surface area contributed by atoms with Crippen LogP contribution >= 0.6 is 7.82 Å². The molecule has 10 nitrogen and oxygen atoms in total. The van der Waals surface area contributed by atoms with Crippen molar-refractivity contribution in [2.45, 2.75) is 31.5 Å². The van der Waals surface area contributed by atoms with Crippen molar-refractivity contribution in [3.05, 3.63) is 30.1 Å². The maximum atomic E-state index is 11.7. The highest BCUT2D eigenvalue weighted by Gasteiger charge is 2.49. The first-order chi connectivity index (χ1) is 11.2. The Morgan fingerprint density at radius 2 is 2.08 bits per heavy atom. The van der Waals surface area contributed by atoms with Crippen LogP contribution in [0.15, 0.2) is 24.5 Å². The maximum absolute atomic E-state index is 11.7. The number of carbonyl (C=O) groups excluding carboxylic acids is 1. The first-order valence-corrected chi connectivity index (χ1v) is 8.65. The molecule has 1 aromatic heterocycles.